The topological polar surface area (TPSA) is 35.5 Å². The van der Waals surface area contributed by atoms with E-state index < -0.39 is 0 Å². The molecule has 0 saturated heterocycles. The summed E-state index contributed by atoms with van der Waals surface area (Å²) in [5.74, 6) is 1.27. The van der Waals surface area contributed by atoms with Crippen molar-refractivity contribution >= 4 is 37.8 Å². The lowest BCUT2D eigenvalue weighted by Gasteiger charge is -2.62. The molecular formula is C14H20Br2O3. The number of hydrogen-bond acceptors (Lipinski definition) is 3. The van der Waals surface area contributed by atoms with Crippen LogP contribution in [0, 0.1) is 11.8 Å². The number of ether oxygens (including phenoxy) is 2. The molecule has 3 nitrogen and oxygen atoms in total. The molecule has 19 heavy (non-hydrogen) atoms. The van der Waals surface area contributed by atoms with Crippen LogP contribution in [0.2, 0.25) is 0 Å². The van der Waals surface area contributed by atoms with Gasteiger partial charge in [0.2, 0.25) is 0 Å². The normalized spacial score (nSPS) is 47.4. The van der Waals surface area contributed by atoms with Crippen LogP contribution in [-0.2, 0) is 14.3 Å². The Labute approximate surface area is 131 Å². The molecule has 108 valence electrons. The lowest BCUT2D eigenvalue weighted by Crippen LogP contribution is -2.64. The van der Waals surface area contributed by atoms with E-state index in [0.29, 0.717) is 24.0 Å². The van der Waals surface area contributed by atoms with Crippen molar-refractivity contribution in [3.63, 3.8) is 0 Å². The molecule has 0 aliphatic heterocycles. The largest absolute Gasteiger partial charge is 0.463 e. The molecule has 4 rings (SSSR count). The van der Waals surface area contributed by atoms with Gasteiger partial charge in [0.25, 0.3) is 0 Å². The van der Waals surface area contributed by atoms with Crippen LogP contribution in [0.25, 0.3) is 0 Å². The molecule has 5 unspecified atom stereocenters. The smallest absolute Gasteiger partial charge is 0.302 e. The van der Waals surface area contributed by atoms with Crippen LogP contribution in [0.1, 0.15) is 39.0 Å². The highest BCUT2D eigenvalue weighted by atomic mass is 79.9. The van der Waals surface area contributed by atoms with Crippen LogP contribution in [0.3, 0.4) is 0 Å². The third kappa shape index (κ3) is 2.62. The fraction of sp³-hybridized carbons (Fsp3) is 0.929. The summed E-state index contributed by atoms with van der Waals surface area (Å²) >= 11 is 7.85. The average Bonchev–Trinajstić information content (AvgIpc) is 2.29. The van der Waals surface area contributed by atoms with Gasteiger partial charge in [-0.3, -0.25) is 4.79 Å². The zero-order valence-electron chi connectivity index (χ0n) is 11.2. The van der Waals surface area contributed by atoms with E-state index in [4.69, 9.17) is 9.47 Å². The van der Waals surface area contributed by atoms with Gasteiger partial charge in [-0.2, -0.15) is 0 Å². The first-order valence-corrected chi connectivity index (χ1v) is 8.74. The second kappa shape index (κ2) is 4.99. The Balaban J connectivity index is 1.66. The molecule has 4 saturated carbocycles. The Kier molecular flexibility index (Phi) is 3.76. The first kappa shape index (κ1) is 14.3. The van der Waals surface area contributed by atoms with Crippen LogP contribution in [0.15, 0.2) is 0 Å². The summed E-state index contributed by atoms with van der Waals surface area (Å²) in [5, 5.41) is 0. The van der Waals surface area contributed by atoms with Crippen molar-refractivity contribution in [1.82, 2.24) is 0 Å². The molecule has 4 aliphatic rings. The van der Waals surface area contributed by atoms with Gasteiger partial charge in [0.15, 0.2) is 0 Å². The maximum atomic E-state index is 10.8. The van der Waals surface area contributed by atoms with Crippen molar-refractivity contribution < 1.29 is 14.3 Å². The van der Waals surface area contributed by atoms with E-state index in [1.807, 2.05) is 0 Å². The van der Waals surface area contributed by atoms with Gasteiger partial charge in [-0.05, 0) is 43.9 Å². The van der Waals surface area contributed by atoms with E-state index in [-0.39, 0.29) is 15.9 Å². The molecule has 4 aliphatic carbocycles. The second-order valence-electron chi connectivity index (χ2n) is 6.46. The van der Waals surface area contributed by atoms with Crippen LogP contribution in [0.4, 0.5) is 0 Å². The molecule has 0 heterocycles. The standard InChI is InChI=1S/C14H20Br2O3/c1-9(17)18-2-3-19-14-6-10-4-11(12(14)15)7-13(16,5-10)8-14/h10-12H,2-8H2,1H3. The van der Waals surface area contributed by atoms with Crippen molar-refractivity contribution in [3.8, 4) is 0 Å². The second-order valence-corrected chi connectivity index (χ2v) is 9.13. The van der Waals surface area contributed by atoms with E-state index in [1.54, 1.807) is 0 Å². The summed E-state index contributed by atoms with van der Waals surface area (Å²) in [5.41, 5.74) is -0.0618. The van der Waals surface area contributed by atoms with Crippen molar-refractivity contribution in [2.45, 2.75) is 53.8 Å². The molecule has 0 radical (unpaired) electrons. The summed E-state index contributed by atoms with van der Waals surface area (Å²) in [6, 6.07) is 0. The predicted octanol–water partition coefficient (Wildman–Crippen LogP) is 3.43. The van der Waals surface area contributed by atoms with Gasteiger partial charge < -0.3 is 9.47 Å². The third-order valence-electron chi connectivity index (χ3n) is 4.86. The number of rotatable bonds is 4. The molecule has 5 atom stereocenters. The monoisotopic (exact) mass is 394 g/mol. The maximum absolute atomic E-state index is 10.8. The summed E-state index contributed by atoms with van der Waals surface area (Å²) in [6.07, 6.45) is 6.10. The van der Waals surface area contributed by atoms with E-state index in [9.17, 15) is 4.79 Å². The summed E-state index contributed by atoms with van der Waals surface area (Å²) in [4.78, 5) is 11.2. The van der Waals surface area contributed by atoms with Crippen molar-refractivity contribution in [2.24, 2.45) is 11.8 Å². The Morgan fingerprint density at radius 1 is 1.32 bits per heavy atom. The van der Waals surface area contributed by atoms with Crippen molar-refractivity contribution in [3.05, 3.63) is 0 Å². The fourth-order valence-corrected chi connectivity index (χ4v) is 6.78. The summed E-state index contributed by atoms with van der Waals surface area (Å²) in [6.45, 7) is 2.30. The van der Waals surface area contributed by atoms with Crippen LogP contribution >= 0.6 is 31.9 Å². The molecule has 0 N–H and O–H groups in total. The molecule has 0 aromatic rings. The Morgan fingerprint density at radius 3 is 2.79 bits per heavy atom. The van der Waals surface area contributed by atoms with Gasteiger partial charge in [0, 0.05) is 16.1 Å². The molecule has 0 spiro atoms. The number of halogens is 2. The van der Waals surface area contributed by atoms with Gasteiger partial charge in [-0.25, -0.2) is 0 Å². The van der Waals surface area contributed by atoms with E-state index in [2.05, 4.69) is 31.9 Å². The van der Waals surface area contributed by atoms with Crippen molar-refractivity contribution in [1.29, 1.82) is 0 Å². The molecular weight excluding hydrogens is 376 g/mol. The van der Waals surface area contributed by atoms with Gasteiger partial charge in [-0.1, -0.05) is 31.9 Å². The summed E-state index contributed by atoms with van der Waals surface area (Å²) < 4.78 is 11.5. The fourth-order valence-electron chi connectivity index (χ4n) is 4.54. The Hall–Kier alpha value is 0.390. The van der Waals surface area contributed by atoms with E-state index in [0.717, 1.165) is 18.8 Å². The van der Waals surface area contributed by atoms with E-state index in [1.165, 1.54) is 26.2 Å². The number of hydrogen-bond donors (Lipinski definition) is 0. The number of esters is 1. The molecule has 0 aromatic carbocycles. The Bertz CT molecular complexity index is 389. The lowest BCUT2D eigenvalue weighted by molar-refractivity contribution is -0.162. The highest BCUT2D eigenvalue weighted by Gasteiger charge is 2.61. The quantitative estimate of drug-likeness (QED) is 0.415. The Morgan fingerprint density at radius 2 is 2.11 bits per heavy atom. The molecule has 0 aromatic heterocycles. The molecule has 5 heteroatoms. The zero-order chi connectivity index (χ0) is 13.7. The highest BCUT2D eigenvalue weighted by Crippen LogP contribution is 2.63. The number of alkyl halides is 2. The molecule has 0 amide bonds. The van der Waals surface area contributed by atoms with Crippen LogP contribution in [-0.4, -0.2) is 33.9 Å². The first-order chi connectivity index (χ1) is 8.92. The third-order valence-corrected chi connectivity index (χ3v) is 7.37. The average molecular weight is 396 g/mol. The maximum Gasteiger partial charge on any atom is 0.302 e. The molecule has 4 fully saturated rings. The van der Waals surface area contributed by atoms with Crippen LogP contribution < -0.4 is 0 Å². The minimum Gasteiger partial charge on any atom is -0.463 e. The van der Waals surface area contributed by atoms with E-state index >= 15 is 0 Å². The predicted molar refractivity (Wildman–Crippen MR) is 79.8 cm³/mol. The zero-order valence-corrected chi connectivity index (χ0v) is 14.3. The lowest BCUT2D eigenvalue weighted by atomic mass is 9.54. The highest BCUT2D eigenvalue weighted by molar-refractivity contribution is 9.10. The number of carbonyl (C=O) groups is 1. The van der Waals surface area contributed by atoms with Crippen LogP contribution in [0.5, 0.6) is 0 Å². The number of carbonyl (C=O) groups excluding carboxylic acids is 1. The minimum atomic E-state index is -0.235. The SMILES string of the molecule is CC(=O)OCCOC12CC3CC(CC(Br)(C3)C1)C2Br. The molecule has 4 bridgehead atoms. The van der Waals surface area contributed by atoms with Gasteiger partial charge >= 0.3 is 5.97 Å². The first-order valence-electron chi connectivity index (χ1n) is 7.03. The van der Waals surface area contributed by atoms with Crippen molar-refractivity contribution in [2.75, 3.05) is 13.2 Å². The summed E-state index contributed by atoms with van der Waals surface area (Å²) in [7, 11) is 0. The van der Waals surface area contributed by atoms with Gasteiger partial charge in [0.1, 0.15) is 6.61 Å². The van der Waals surface area contributed by atoms with Gasteiger partial charge in [0.05, 0.1) is 12.2 Å². The van der Waals surface area contributed by atoms with Gasteiger partial charge in [-0.15, -0.1) is 0 Å². The minimum absolute atomic E-state index is 0.0618.